The smallest absolute Gasteiger partial charge is 0.171 e. The highest BCUT2D eigenvalue weighted by molar-refractivity contribution is 7.85. The average Bonchev–Trinajstić information content (AvgIpc) is 3.21. The number of pyridine rings is 1. The lowest BCUT2D eigenvalue weighted by Gasteiger charge is -2.25. The Balaban J connectivity index is 1.30. The maximum absolute atomic E-state index is 15.9. The van der Waals surface area contributed by atoms with Gasteiger partial charge in [-0.1, -0.05) is 158 Å². The van der Waals surface area contributed by atoms with Gasteiger partial charge in [-0.3, -0.25) is 0 Å². The molecule has 9 rings (SSSR count). The van der Waals surface area contributed by atoms with Crippen molar-refractivity contribution < 1.29 is 4.57 Å². The number of hydrogen-bond acceptors (Lipinski definition) is 3. The zero-order chi connectivity index (χ0) is 34.2. The van der Waals surface area contributed by atoms with Crippen LogP contribution in [0.4, 0.5) is 17.1 Å². The lowest BCUT2D eigenvalue weighted by Crippen LogP contribution is -2.25. The first-order chi connectivity index (χ1) is 25.2. The van der Waals surface area contributed by atoms with Crippen molar-refractivity contribution in [1.82, 2.24) is 4.98 Å². The molecule has 0 spiro atoms. The molecule has 0 fully saturated rings. The third-order valence-electron chi connectivity index (χ3n) is 9.69. The van der Waals surface area contributed by atoms with Crippen LogP contribution in [-0.2, 0) is 4.57 Å². The van der Waals surface area contributed by atoms with Gasteiger partial charge in [-0.05, 0) is 47.9 Å². The largest absolute Gasteiger partial charge is 0.311 e. The molecular formula is C47H33N2OP. The van der Waals surface area contributed by atoms with Gasteiger partial charge in [-0.2, -0.15) is 0 Å². The van der Waals surface area contributed by atoms with Crippen LogP contribution >= 0.6 is 7.14 Å². The van der Waals surface area contributed by atoms with Crippen LogP contribution in [0.25, 0.3) is 43.7 Å². The molecule has 8 aromatic carbocycles. The molecule has 0 bridgehead atoms. The van der Waals surface area contributed by atoms with Gasteiger partial charge >= 0.3 is 0 Å². The van der Waals surface area contributed by atoms with E-state index in [4.69, 9.17) is 4.98 Å². The molecule has 51 heavy (non-hydrogen) atoms. The summed E-state index contributed by atoms with van der Waals surface area (Å²) < 4.78 is 15.9. The molecule has 1 heterocycles. The van der Waals surface area contributed by atoms with Gasteiger partial charge in [0.25, 0.3) is 0 Å². The van der Waals surface area contributed by atoms with E-state index in [1.807, 2.05) is 84.9 Å². The van der Waals surface area contributed by atoms with E-state index in [1.54, 1.807) is 0 Å². The van der Waals surface area contributed by atoms with Crippen LogP contribution in [0.2, 0.25) is 0 Å². The van der Waals surface area contributed by atoms with Crippen LogP contribution < -0.4 is 20.8 Å². The summed E-state index contributed by atoms with van der Waals surface area (Å²) in [7, 11) is -3.29. The predicted octanol–water partition coefficient (Wildman–Crippen LogP) is 11.3. The van der Waals surface area contributed by atoms with Gasteiger partial charge in [0.05, 0.1) is 11.2 Å². The summed E-state index contributed by atoms with van der Waals surface area (Å²) in [6.07, 6.45) is 0. The van der Waals surface area contributed by atoms with Crippen LogP contribution in [-0.4, -0.2) is 4.98 Å². The number of hydrogen-bond donors (Lipinski definition) is 0. The quantitative estimate of drug-likeness (QED) is 0.125. The Morgan fingerprint density at radius 2 is 0.941 bits per heavy atom. The number of rotatable bonds is 7. The first-order valence-corrected chi connectivity index (χ1v) is 18.9. The van der Waals surface area contributed by atoms with Crippen molar-refractivity contribution in [3.63, 3.8) is 0 Å². The molecule has 0 aliphatic carbocycles. The number of fused-ring (bicyclic) bond motifs is 5. The molecule has 0 N–H and O–H groups in total. The fraction of sp³-hybridized carbons (Fsp3) is 0. The SMILES string of the molecule is O=P(c1ccccc1)(c1ccccc1)c1cccc2ccc3c(-c4ccc(N(c5ccccc5)c5ccccc5)cc4)nc4ccccc4c3c12. The summed E-state index contributed by atoms with van der Waals surface area (Å²) in [5.74, 6) is 0. The van der Waals surface area contributed by atoms with Gasteiger partial charge in [0, 0.05) is 60.1 Å². The Morgan fingerprint density at radius 1 is 0.412 bits per heavy atom. The number of para-hydroxylation sites is 3. The molecule has 4 heteroatoms. The predicted molar refractivity (Wildman–Crippen MR) is 216 cm³/mol. The molecular weight excluding hydrogens is 640 g/mol. The topological polar surface area (TPSA) is 33.2 Å². The number of anilines is 3. The van der Waals surface area contributed by atoms with Crippen LogP contribution in [0, 0.1) is 0 Å². The molecule has 0 radical (unpaired) electrons. The Morgan fingerprint density at radius 3 is 1.55 bits per heavy atom. The van der Waals surface area contributed by atoms with Crippen molar-refractivity contribution in [3.05, 3.63) is 200 Å². The Labute approximate surface area is 297 Å². The molecule has 0 unspecified atom stereocenters. The van der Waals surface area contributed by atoms with E-state index < -0.39 is 7.14 Å². The van der Waals surface area contributed by atoms with Crippen LogP contribution in [0.5, 0.6) is 0 Å². The van der Waals surface area contributed by atoms with Crippen LogP contribution in [0.3, 0.4) is 0 Å². The van der Waals surface area contributed by atoms with Gasteiger partial charge in [0.2, 0.25) is 0 Å². The fourth-order valence-electron chi connectivity index (χ4n) is 7.36. The summed E-state index contributed by atoms with van der Waals surface area (Å²) in [5, 5.41) is 7.65. The minimum absolute atomic E-state index is 0.816. The van der Waals surface area contributed by atoms with Gasteiger partial charge in [0.1, 0.15) is 0 Å². The van der Waals surface area contributed by atoms with Crippen LogP contribution in [0.15, 0.2) is 200 Å². The Bertz CT molecular complexity index is 2610. The minimum Gasteiger partial charge on any atom is -0.311 e. The second-order valence-corrected chi connectivity index (χ2v) is 15.4. The first kappa shape index (κ1) is 30.8. The molecule has 0 saturated carbocycles. The first-order valence-electron chi connectivity index (χ1n) is 17.2. The van der Waals surface area contributed by atoms with Gasteiger partial charge < -0.3 is 9.46 Å². The van der Waals surface area contributed by atoms with Gasteiger partial charge in [0.15, 0.2) is 7.14 Å². The summed E-state index contributed by atoms with van der Waals surface area (Å²) in [5.41, 5.74) is 6.04. The Kier molecular flexibility index (Phi) is 7.76. The second kappa shape index (κ2) is 12.9. The van der Waals surface area contributed by atoms with E-state index in [9.17, 15) is 0 Å². The highest BCUT2D eigenvalue weighted by Crippen LogP contribution is 2.47. The molecule has 3 nitrogen and oxygen atoms in total. The van der Waals surface area contributed by atoms with E-state index in [0.29, 0.717) is 0 Å². The molecule has 9 aromatic rings. The highest BCUT2D eigenvalue weighted by Gasteiger charge is 2.32. The number of aromatic nitrogens is 1. The summed E-state index contributed by atoms with van der Waals surface area (Å²) in [6.45, 7) is 0. The standard InChI is InChI=1S/C47H33N2OP/c50-51(39-21-9-3-10-22-39,40-23-11-4-12-24-40)44-27-15-16-34-30-33-42-46(45(34)44)41-25-13-14-26-43(41)48-47(42)35-28-31-38(32-29-35)49(36-17-5-1-6-18-36)37-19-7-2-8-20-37/h1-33H. The van der Waals surface area contributed by atoms with Crippen molar-refractivity contribution in [2.45, 2.75) is 0 Å². The van der Waals surface area contributed by atoms with E-state index in [0.717, 1.165) is 76.7 Å². The summed E-state index contributed by atoms with van der Waals surface area (Å²) >= 11 is 0. The summed E-state index contributed by atoms with van der Waals surface area (Å²) in [4.78, 5) is 7.56. The molecule has 0 amide bonds. The molecule has 0 saturated heterocycles. The van der Waals surface area contributed by atoms with Crippen molar-refractivity contribution in [2.24, 2.45) is 0 Å². The molecule has 242 valence electrons. The average molecular weight is 673 g/mol. The van der Waals surface area contributed by atoms with Gasteiger partial charge in [-0.25, -0.2) is 4.98 Å². The zero-order valence-electron chi connectivity index (χ0n) is 27.8. The number of benzene rings is 8. The number of nitrogens with zero attached hydrogens (tertiary/aromatic N) is 2. The zero-order valence-corrected chi connectivity index (χ0v) is 28.7. The minimum atomic E-state index is -3.29. The molecule has 1 aromatic heterocycles. The van der Waals surface area contributed by atoms with E-state index in [-0.39, 0.29) is 0 Å². The Hall–Kier alpha value is -6.28. The van der Waals surface area contributed by atoms with E-state index >= 15 is 4.57 Å². The maximum atomic E-state index is 15.9. The third kappa shape index (κ3) is 5.31. The molecule has 0 aliphatic heterocycles. The highest BCUT2D eigenvalue weighted by atomic mass is 31.2. The second-order valence-electron chi connectivity index (χ2n) is 12.7. The molecule has 0 aliphatic rings. The normalized spacial score (nSPS) is 11.6. The van der Waals surface area contributed by atoms with Crippen LogP contribution in [0.1, 0.15) is 0 Å². The lowest BCUT2D eigenvalue weighted by atomic mass is 9.95. The lowest BCUT2D eigenvalue weighted by molar-refractivity contribution is 0.592. The van der Waals surface area contributed by atoms with Crippen molar-refractivity contribution in [2.75, 3.05) is 4.90 Å². The fourth-order valence-corrected chi connectivity index (χ4v) is 10.2. The van der Waals surface area contributed by atoms with E-state index in [1.165, 1.54) is 0 Å². The summed E-state index contributed by atoms with van der Waals surface area (Å²) in [6, 6.07) is 68.3. The maximum Gasteiger partial charge on any atom is 0.171 e. The molecule has 0 atom stereocenters. The van der Waals surface area contributed by atoms with Crippen molar-refractivity contribution in [3.8, 4) is 11.3 Å². The van der Waals surface area contributed by atoms with Crippen molar-refractivity contribution in [1.29, 1.82) is 0 Å². The van der Waals surface area contributed by atoms with E-state index in [2.05, 4.69) is 120 Å². The monoisotopic (exact) mass is 672 g/mol. The van der Waals surface area contributed by atoms with Gasteiger partial charge in [-0.15, -0.1) is 0 Å². The third-order valence-corrected chi connectivity index (χ3v) is 12.8. The van der Waals surface area contributed by atoms with Crippen molar-refractivity contribution >= 4 is 72.6 Å².